The van der Waals surface area contributed by atoms with E-state index in [1.807, 2.05) is 30.3 Å². The first-order valence-corrected chi connectivity index (χ1v) is 14.3. The van der Waals surface area contributed by atoms with Crippen molar-refractivity contribution < 1.29 is 8.42 Å². The molecule has 0 aliphatic carbocycles. The van der Waals surface area contributed by atoms with E-state index < -0.39 is 9.84 Å². The summed E-state index contributed by atoms with van der Waals surface area (Å²) in [6.45, 7) is 0. The van der Waals surface area contributed by atoms with Gasteiger partial charge in [-0.3, -0.25) is 18.9 Å². The normalized spacial score (nSPS) is 11.7. The van der Waals surface area contributed by atoms with Crippen LogP contribution in [-0.2, 0) is 9.84 Å². The molecule has 2 N–H and O–H groups in total. The van der Waals surface area contributed by atoms with E-state index in [9.17, 15) is 13.2 Å². The molecule has 0 amide bonds. The minimum Gasteiger partial charge on any atom is -0.397 e. The van der Waals surface area contributed by atoms with Crippen LogP contribution < -0.4 is 11.3 Å². The lowest BCUT2D eigenvalue weighted by Crippen LogP contribution is -2.22. The number of aromatic nitrogens is 5. The topological polar surface area (TPSA) is 126 Å². The number of rotatable bonds is 5. The van der Waals surface area contributed by atoms with Crippen molar-refractivity contribution in [2.45, 2.75) is 4.90 Å². The fourth-order valence-electron chi connectivity index (χ4n) is 4.39. The summed E-state index contributed by atoms with van der Waals surface area (Å²) < 4.78 is 27.4. The summed E-state index contributed by atoms with van der Waals surface area (Å²) in [7, 11) is -3.45. The van der Waals surface area contributed by atoms with E-state index in [0.717, 1.165) is 17.5 Å². The lowest BCUT2D eigenvalue weighted by atomic mass is 10.1. The van der Waals surface area contributed by atoms with Gasteiger partial charge in [-0.15, -0.1) is 0 Å². The molecule has 0 saturated heterocycles. The molecule has 0 spiro atoms. The molecule has 9 nitrogen and oxygen atoms in total. The van der Waals surface area contributed by atoms with Crippen molar-refractivity contribution in [2.75, 3.05) is 12.0 Å². The van der Waals surface area contributed by atoms with Crippen LogP contribution in [0.25, 0.3) is 45.2 Å². The Labute approximate surface area is 234 Å². The maximum atomic E-state index is 13.9. The van der Waals surface area contributed by atoms with Gasteiger partial charge in [-0.05, 0) is 54.6 Å². The first-order chi connectivity index (χ1) is 19.2. The molecule has 6 aromatic rings. The standard InChI is InChI=1S/C29H21ClN6O3S/c1-40(38,39)24-4-2-3-23(15-24)35-17-33-26-28(35)34-27(36(29(26)37)22-12-9-20(30)10-13-22)19-7-5-18(6-8-19)25-14-11-21(31)16-32-25/h2-17H,31H2,1H3. The van der Waals surface area contributed by atoms with Gasteiger partial charge in [0, 0.05) is 28.1 Å². The number of nitrogens with zero attached hydrogens (tertiary/aromatic N) is 5. The number of halogens is 1. The Morgan fingerprint density at radius 3 is 2.25 bits per heavy atom. The Hall–Kier alpha value is -4.80. The summed E-state index contributed by atoms with van der Waals surface area (Å²) in [5.41, 5.74) is 9.75. The molecule has 0 atom stereocenters. The fraction of sp³-hybridized carbons (Fsp3) is 0.0345. The van der Waals surface area contributed by atoms with Crippen LogP contribution in [0.2, 0.25) is 5.02 Å². The van der Waals surface area contributed by atoms with Gasteiger partial charge >= 0.3 is 0 Å². The molecule has 0 saturated carbocycles. The van der Waals surface area contributed by atoms with Gasteiger partial charge in [-0.2, -0.15) is 0 Å². The van der Waals surface area contributed by atoms with Crippen LogP contribution in [-0.4, -0.2) is 38.8 Å². The van der Waals surface area contributed by atoms with Crippen molar-refractivity contribution in [3.63, 3.8) is 0 Å². The fourth-order valence-corrected chi connectivity index (χ4v) is 5.18. The highest BCUT2D eigenvalue weighted by molar-refractivity contribution is 7.90. The molecule has 0 unspecified atom stereocenters. The van der Waals surface area contributed by atoms with E-state index in [2.05, 4.69) is 9.97 Å². The third-order valence-electron chi connectivity index (χ3n) is 6.41. The van der Waals surface area contributed by atoms with E-state index in [1.165, 1.54) is 23.0 Å². The number of hydrogen-bond donors (Lipinski definition) is 1. The van der Waals surface area contributed by atoms with Crippen molar-refractivity contribution >= 4 is 38.3 Å². The predicted molar refractivity (Wildman–Crippen MR) is 156 cm³/mol. The van der Waals surface area contributed by atoms with Gasteiger partial charge in [-0.25, -0.2) is 18.4 Å². The second kappa shape index (κ2) is 9.74. The van der Waals surface area contributed by atoms with Crippen molar-refractivity contribution in [3.8, 4) is 34.0 Å². The van der Waals surface area contributed by atoms with Crippen LogP contribution in [0.15, 0.2) is 107 Å². The SMILES string of the molecule is CS(=O)(=O)c1cccc(-n2cnc3c(=O)n(-c4ccc(Cl)cc4)c(-c4ccc(-c5ccc(N)cn5)cc4)nc32)c1. The van der Waals surface area contributed by atoms with Gasteiger partial charge in [0.15, 0.2) is 21.0 Å². The van der Waals surface area contributed by atoms with Gasteiger partial charge in [0.2, 0.25) is 0 Å². The quantitative estimate of drug-likeness (QED) is 0.312. The van der Waals surface area contributed by atoms with E-state index in [-0.39, 0.29) is 16.0 Å². The highest BCUT2D eigenvalue weighted by Crippen LogP contribution is 2.27. The molecule has 6 rings (SSSR count). The summed E-state index contributed by atoms with van der Waals surface area (Å²) in [6.07, 6.45) is 4.20. The molecule has 40 heavy (non-hydrogen) atoms. The number of sulfone groups is 1. The summed E-state index contributed by atoms with van der Waals surface area (Å²) >= 11 is 6.12. The van der Waals surface area contributed by atoms with Crippen LogP contribution in [0, 0.1) is 0 Å². The molecule has 0 radical (unpaired) electrons. The predicted octanol–water partition coefficient (Wildman–Crippen LogP) is 4.94. The van der Waals surface area contributed by atoms with E-state index >= 15 is 0 Å². The molecule has 3 aromatic heterocycles. The van der Waals surface area contributed by atoms with Crippen molar-refractivity contribution in [2.24, 2.45) is 0 Å². The number of nitrogens with two attached hydrogens (primary N) is 1. The van der Waals surface area contributed by atoms with Gasteiger partial charge < -0.3 is 5.73 Å². The molecule has 3 aromatic carbocycles. The third kappa shape index (κ3) is 4.63. The number of anilines is 1. The molecule has 0 aliphatic rings. The third-order valence-corrected chi connectivity index (χ3v) is 7.77. The first kappa shape index (κ1) is 25.5. The van der Waals surface area contributed by atoms with E-state index in [1.54, 1.807) is 53.2 Å². The smallest absolute Gasteiger partial charge is 0.286 e. The lowest BCUT2D eigenvalue weighted by Gasteiger charge is -2.14. The number of imidazole rings is 1. The van der Waals surface area contributed by atoms with Crippen LogP contribution in [0.4, 0.5) is 5.69 Å². The zero-order valence-electron chi connectivity index (χ0n) is 21.1. The number of benzene rings is 3. The van der Waals surface area contributed by atoms with Crippen molar-refractivity contribution in [1.29, 1.82) is 0 Å². The minimum absolute atomic E-state index is 0.131. The molecule has 3 heterocycles. The molecule has 0 fully saturated rings. The van der Waals surface area contributed by atoms with Gasteiger partial charge in [0.25, 0.3) is 5.56 Å². The maximum Gasteiger partial charge on any atom is 0.286 e. The molecular weight excluding hydrogens is 548 g/mol. The number of fused-ring (bicyclic) bond motifs is 1. The summed E-state index contributed by atoms with van der Waals surface area (Å²) in [6, 6.07) is 24.4. The molecule has 0 aliphatic heterocycles. The van der Waals surface area contributed by atoms with E-state index in [0.29, 0.717) is 39.1 Å². The van der Waals surface area contributed by atoms with Crippen molar-refractivity contribution in [1.82, 2.24) is 24.1 Å². The number of pyridine rings is 1. The zero-order chi connectivity index (χ0) is 28.0. The highest BCUT2D eigenvalue weighted by atomic mass is 35.5. The number of hydrogen-bond acceptors (Lipinski definition) is 7. The molecular formula is C29H21ClN6O3S. The van der Waals surface area contributed by atoms with Crippen LogP contribution in [0.3, 0.4) is 0 Å². The van der Waals surface area contributed by atoms with Crippen molar-refractivity contribution in [3.05, 3.63) is 113 Å². The minimum atomic E-state index is -3.45. The molecule has 11 heteroatoms. The monoisotopic (exact) mass is 568 g/mol. The molecule has 198 valence electrons. The second-order valence-corrected chi connectivity index (χ2v) is 11.6. The highest BCUT2D eigenvalue weighted by Gasteiger charge is 2.20. The molecule has 0 bridgehead atoms. The van der Waals surface area contributed by atoms with E-state index in [4.69, 9.17) is 22.3 Å². The average molecular weight is 569 g/mol. The first-order valence-electron chi connectivity index (χ1n) is 12.1. The Morgan fingerprint density at radius 1 is 0.850 bits per heavy atom. The second-order valence-electron chi connectivity index (χ2n) is 9.16. The Balaban J connectivity index is 1.57. The maximum absolute atomic E-state index is 13.9. The lowest BCUT2D eigenvalue weighted by molar-refractivity contribution is 0.602. The van der Waals surface area contributed by atoms with Crippen LogP contribution >= 0.6 is 11.6 Å². The Bertz CT molecular complexity index is 2050. The Kier molecular flexibility index (Phi) is 6.21. The van der Waals surface area contributed by atoms with Crippen LogP contribution in [0.5, 0.6) is 0 Å². The Morgan fingerprint density at radius 2 is 1.57 bits per heavy atom. The van der Waals surface area contributed by atoms with Gasteiger partial charge in [0.1, 0.15) is 12.2 Å². The van der Waals surface area contributed by atoms with Gasteiger partial charge in [0.05, 0.1) is 28.2 Å². The average Bonchev–Trinajstić information content (AvgIpc) is 3.38. The zero-order valence-corrected chi connectivity index (χ0v) is 22.6. The number of nitrogen functional groups attached to an aromatic ring is 1. The van der Waals surface area contributed by atoms with Gasteiger partial charge in [-0.1, -0.05) is 41.9 Å². The summed E-state index contributed by atoms with van der Waals surface area (Å²) in [5, 5.41) is 0.530. The summed E-state index contributed by atoms with van der Waals surface area (Å²) in [4.78, 5) is 27.7. The summed E-state index contributed by atoms with van der Waals surface area (Å²) in [5.74, 6) is 0.373. The van der Waals surface area contributed by atoms with Crippen LogP contribution in [0.1, 0.15) is 0 Å². The largest absolute Gasteiger partial charge is 0.397 e.